The first-order valence-electron chi connectivity index (χ1n) is 6.78. The van der Waals surface area contributed by atoms with E-state index in [-0.39, 0.29) is 12.1 Å². The van der Waals surface area contributed by atoms with Gasteiger partial charge in [-0.1, -0.05) is 0 Å². The molecule has 110 valence electrons. The van der Waals surface area contributed by atoms with Crippen LogP contribution in [0.2, 0.25) is 0 Å². The molecule has 0 amide bonds. The summed E-state index contributed by atoms with van der Waals surface area (Å²) >= 11 is 0. The fourth-order valence-electron chi connectivity index (χ4n) is 2.58. The number of hydrogen-bond donors (Lipinski definition) is 0. The van der Waals surface area contributed by atoms with Gasteiger partial charge in [0.05, 0.1) is 0 Å². The van der Waals surface area contributed by atoms with E-state index in [2.05, 4.69) is 0 Å². The smallest absolute Gasteiger partial charge is 0.336 e. The number of rotatable bonds is 1. The Labute approximate surface area is 121 Å². The highest BCUT2D eigenvalue weighted by molar-refractivity contribution is 5.79. The number of fused-ring (bicyclic) bond motifs is 2. The molecule has 0 fully saturated rings. The van der Waals surface area contributed by atoms with Gasteiger partial charge in [0.2, 0.25) is 0 Å². The molecule has 0 N–H and O–H groups in total. The van der Waals surface area contributed by atoms with Crippen molar-refractivity contribution in [2.75, 3.05) is 0 Å². The van der Waals surface area contributed by atoms with Crippen LogP contribution in [0.1, 0.15) is 26.3 Å². The predicted molar refractivity (Wildman–Crippen MR) is 76.4 cm³/mol. The van der Waals surface area contributed by atoms with Crippen molar-refractivity contribution >= 4 is 16.9 Å². The molecule has 1 aliphatic rings. The zero-order valence-electron chi connectivity index (χ0n) is 12.1. The zero-order chi connectivity index (χ0) is 15.2. The molecule has 0 saturated carbocycles. The highest BCUT2D eigenvalue weighted by atomic mass is 16.6. The van der Waals surface area contributed by atoms with Crippen LogP contribution < -0.4 is 10.4 Å². The number of benzene rings is 1. The van der Waals surface area contributed by atoms with Gasteiger partial charge < -0.3 is 13.9 Å². The lowest BCUT2D eigenvalue weighted by atomic mass is 9.90. The summed E-state index contributed by atoms with van der Waals surface area (Å²) in [6, 6.07) is 6.71. The van der Waals surface area contributed by atoms with Gasteiger partial charge in [-0.05, 0) is 31.5 Å². The van der Waals surface area contributed by atoms with Crippen molar-refractivity contribution in [1.29, 1.82) is 0 Å². The summed E-state index contributed by atoms with van der Waals surface area (Å²) in [7, 11) is 0. The quantitative estimate of drug-likeness (QED) is 0.595. The van der Waals surface area contributed by atoms with Gasteiger partial charge in [0, 0.05) is 30.9 Å². The van der Waals surface area contributed by atoms with Crippen molar-refractivity contribution in [2.24, 2.45) is 0 Å². The van der Waals surface area contributed by atoms with Gasteiger partial charge in [-0.25, -0.2) is 4.79 Å². The molecule has 5 heteroatoms. The summed E-state index contributed by atoms with van der Waals surface area (Å²) < 4.78 is 16.5. The summed E-state index contributed by atoms with van der Waals surface area (Å²) in [4.78, 5) is 22.5. The molecular weight excluding hydrogens is 272 g/mol. The molecule has 1 atom stereocenters. The average Bonchev–Trinajstić information content (AvgIpc) is 2.36. The number of hydrogen-bond acceptors (Lipinski definition) is 5. The lowest BCUT2D eigenvalue weighted by Gasteiger charge is -2.39. The Balaban J connectivity index is 2.07. The molecule has 0 saturated heterocycles. The Hall–Kier alpha value is -2.30. The summed E-state index contributed by atoms with van der Waals surface area (Å²) in [5, 5.41) is 0.818. The summed E-state index contributed by atoms with van der Waals surface area (Å²) in [6.07, 6.45) is 0.215. The SMILES string of the molecule is CC(=O)O[C@H]1Cc2cc3ccc(=O)oc3cc2OC1(C)C. The van der Waals surface area contributed by atoms with Crippen molar-refractivity contribution < 1.29 is 18.7 Å². The first-order chi connectivity index (χ1) is 9.85. The molecule has 0 radical (unpaired) electrons. The second kappa shape index (κ2) is 4.62. The monoisotopic (exact) mass is 288 g/mol. The van der Waals surface area contributed by atoms with Gasteiger partial charge in [-0.3, -0.25) is 4.79 Å². The van der Waals surface area contributed by atoms with Crippen LogP contribution in [0.25, 0.3) is 11.0 Å². The molecule has 5 nitrogen and oxygen atoms in total. The first kappa shape index (κ1) is 13.7. The lowest BCUT2D eigenvalue weighted by Crippen LogP contribution is -2.48. The number of carbonyl (C=O) groups is 1. The van der Waals surface area contributed by atoms with E-state index in [9.17, 15) is 9.59 Å². The van der Waals surface area contributed by atoms with Crippen molar-refractivity contribution in [1.82, 2.24) is 0 Å². The molecule has 2 aromatic rings. The first-order valence-corrected chi connectivity index (χ1v) is 6.78. The van der Waals surface area contributed by atoms with E-state index in [0.29, 0.717) is 17.8 Å². The van der Waals surface area contributed by atoms with Gasteiger partial charge in [0.25, 0.3) is 0 Å². The second-order valence-corrected chi connectivity index (χ2v) is 5.76. The van der Waals surface area contributed by atoms with Crippen molar-refractivity contribution in [3.63, 3.8) is 0 Å². The van der Waals surface area contributed by atoms with E-state index in [0.717, 1.165) is 10.9 Å². The molecule has 0 unspecified atom stereocenters. The van der Waals surface area contributed by atoms with E-state index < -0.39 is 11.2 Å². The third-order valence-corrected chi connectivity index (χ3v) is 3.66. The Bertz CT molecular complexity index is 772. The molecular formula is C16H16O5. The molecule has 0 spiro atoms. The van der Waals surface area contributed by atoms with E-state index in [1.54, 1.807) is 12.1 Å². The standard InChI is InChI=1S/C16H16O5/c1-9(17)19-14-7-11-6-10-4-5-15(18)20-12(10)8-13(11)21-16(14,2)3/h4-6,8,14H,7H2,1-3H3/t14-/m0/s1. The lowest BCUT2D eigenvalue weighted by molar-refractivity contribution is -0.158. The predicted octanol–water partition coefficient (Wildman–Crippen LogP) is 2.44. The van der Waals surface area contributed by atoms with Gasteiger partial charge in [0.1, 0.15) is 23.0 Å². The maximum Gasteiger partial charge on any atom is 0.336 e. The fourth-order valence-corrected chi connectivity index (χ4v) is 2.58. The van der Waals surface area contributed by atoms with Crippen LogP contribution in [-0.2, 0) is 16.0 Å². The van der Waals surface area contributed by atoms with Gasteiger partial charge in [-0.15, -0.1) is 0 Å². The minimum Gasteiger partial charge on any atom is -0.484 e. The van der Waals surface area contributed by atoms with Crippen LogP contribution in [0.5, 0.6) is 5.75 Å². The minimum absolute atomic E-state index is 0.327. The topological polar surface area (TPSA) is 65.7 Å². The molecule has 0 bridgehead atoms. The Morgan fingerprint density at radius 1 is 1.33 bits per heavy atom. The van der Waals surface area contributed by atoms with Crippen molar-refractivity contribution in [3.8, 4) is 5.75 Å². The molecule has 1 aromatic heterocycles. The van der Waals surface area contributed by atoms with Gasteiger partial charge in [-0.2, -0.15) is 0 Å². The Morgan fingerprint density at radius 2 is 2.10 bits per heavy atom. The molecule has 3 rings (SSSR count). The molecule has 21 heavy (non-hydrogen) atoms. The zero-order valence-corrected chi connectivity index (χ0v) is 12.1. The van der Waals surface area contributed by atoms with Crippen LogP contribution in [0.3, 0.4) is 0 Å². The molecule has 1 aromatic carbocycles. The van der Waals surface area contributed by atoms with Gasteiger partial charge >= 0.3 is 11.6 Å². The van der Waals surface area contributed by atoms with E-state index >= 15 is 0 Å². The van der Waals surface area contributed by atoms with Crippen LogP contribution in [0.15, 0.2) is 33.5 Å². The second-order valence-electron chi connectivity index (χ2n) is 5.76. The Kier molecular flexibility index (Phi) is 3.01. The van der Waals surface area contributed by atoms with Crippen LogP contribution in [0, 0.1) is 0 Å². The van der Waals surface area contributed by atoms with Crippen LogP contribution in [0.4, 0.5) is 0 Å². The Morgan fingerprint density at radius 3 is 2.81 bits per heavy atom. The summed E-state index contributed by atoms with van der Waals surface area (Å²) in [6.45, 7) is 5.13. The highest BCUT2D eigenvalue weighted by Gasteiger charge is 2.39. The normalized spacial score (nSPS) is 19.7. The maximum atomic E-state index is 11.3. The van der Waals surface area contributed by atoms with E-state index in [4.69, 9.17) is 13.9 Å². The van der Waals surface area contributed by atoms with E-state index in [1.807, 2.05) is 19.9 Å². The minimum atomic E-state index is -0.637. The third kappa shape index (κ3) is 2.51. The van der Waals surface area contributed by atoms with Crippen LogP contribution in [-0.4, -0.2) is 17.7 Å². The molecule has 1 aliphatic heterocycles. The number of carbonyl (C=O) groups excluding carboxylic acids is 1. The summed E-state index contributed by atoms with van der Waals surface area (Å²) in [5.74, 6) is 0.331. The van der Waals surface area contributed by atoms with E-state index in [1.165, 1.54) is 13.0 Å². The maximum absolute atomic E-state index is 11.3. The highest BCUT2D eigenvalue weighted by Crippen LogP contribution is 2.37. The van der Waals surface area contributed by atoms with Crippen molar-refractivity contribution in [2.45, 2.75) is 38.9 Å². The third-order valence-electron chi connectivity index (χ3n) is 3.66. The molecule has 2 heterocycles. The fraction of sp³-hybridized carbons (Fsp3) is 0.375. The van der Waals surface area contributed by atoms with Crippen molar-refractivity contribution in [3.05, 3.63) is 40.2 Å². The van der Waals surface area contributed by atoms with Crippen LogP contribution >= 0.6 is 0 Å². The number of esters is 1. The van der Waals surface area contributed by atoms with Gasteiger partial charge in [0.15, 0.2) is 0 Å². The largest absolute Gasteiger partial charge is 0.484 e. The summed E-state index contributed by atoms with van der Waals surface area (Å²) in [5.41, 5.74) is 0.391. The average molecular weight is 288 g/mol. The molecule has 0 aliphatic carbocycles. The number of ether oxygens (including phenoxy) is 2.